The Balaban J connectivity index is 2.00. The Hall–Kier alpha value is -1.58. The summed E-state index contributed by atoms with van der Waals surface area (Å²) in [6.07, 6.45) is 0. The predicted molar refractivity (Wildman–Crippen MR) is 81.7 cm³/mol. The van der Waals surface area contributed by atoms with Crippen molar-refractivity contribution in [1.29, 1.82) is 0 Å². The molecule has 1 aromatic heterocycles. The molecule has 1 aromatic carbocycles. The number of rotatable bonds is 7. The van der Waals surface area contributed by atoms with Crippen molar-refractivity contribution in [3.05, 3.63) is 59.5 Å². The molecular weight excluding hydrogens is 248 g/mol. The summed E-state index contributed by atoms with van der Waals surface area (Å²) in [4.78, 5) is 3.92. The van der Waals surface area contributed by atoms with E-state index in [0.717, 1.165) is 37.7 Å². The second-order valence-corrected chi connectivity index (χ2v) is 5.67. The highest BCUT2D eigenvalue weighted by molar-refractivity contribution is 5.14. The molecule has 0 saturated heterocycles. The van der Waals surface area contributed by atoms with E-state index in [1.807, 2.05) is 13.0 Å². The van der Waals surface area contributed by atoms with Crippen LogP contribution < -0.4 is 4.90 Å². The fourth-order valence-electron chi connectivity index (χ4n) is 2.23. The van der Waals surface area contributed by atoms with Gasteiger partial charge in [-0.2, -0.15) is 0 Å². The minimum absolute atomic E-state index is 0.871. The van der Waals surface area contributed by atoms with Gasteiger partial charge >= 0.3 is 0 Å². The Morgan fingerprint density at radius 1 is 1.00 bits per heavy atom. The molecule has 0 radical (unpaired) electrons. The molecule has 1 N–H and O–H groups in total. The van der Waals surface area contributed by atoms with Gasteiger partial charge in [0.15, 0.2) is 0 Å². The molecule has 0 amide bonds. The van der Waals surface area contributed by atoms with E-state index in [0.29, 0.717) is 0 Å². The van der Waals surface area contributed by atoms with Crippen LogP contribution in [0, 0.1) is 6.92 Å². The second-order valence-electron chi connectivity index (χ2n) is 5.67. The number of nitrogens with zero attached hydrogens (tertiary/aromatic N) is 1. The molecule has 3 nitrogen and oxygen atoms in total. The maximum Gasteiger partial charge on any atom is 0.118 e. The molecule has 0 aliphatic heterocycles. The number of likely N-dealkylation sites (N-methyl/N-ethyl adjacent to an activating group) is 1. The average Bonchev–Trinajstić information content (AvgIpc) is 2.82. The number of furan rings is 1. The molecule has 0 fully saturated rings. The maximum absolute atomic E-state index is 5.71. The number of hydrogen-bond donors (Lipinski definition) is 1. The van der Waals surface area contributed by atoms with E-state index >= 15 is 0 Å². The van der Waals surface area contributed by atoms with Gasteiger partial charge in [-0.1, -0.05) is 30.3 Å². The molecule has 1 heterocycles. The van der Waals surface area contributed by atoms with Crippen molar-refractivity contribution < 1.29 is 9.32 Å². The molecule has 3 heteroatoms. The van der Waals surface area contributed by atoms with Crippen LogP contribution in [0.2, 0.25) is 0 Å². The lowest BCUT2D eigenvalue weighted by Crippen LogP contribution is -3.06. The third kappa shape index (κ3) is 4.83. The van der Waals surface area contributed by atoms with Crippen LogP contribution in [0.5, 0.6) is 0 Å². The molecule has 0 spiro atoms. The minimum atomic E-state index is 0.871. The molecule has 0 atom stereocenters. The topological polar surface area (TPSA) is 20.8 Å². The van der Waals surface area contributed by atoms with Crippen molar-refractivity contribution >= 4 is 0 Å². The minimum Gasteiger partial charge on any atom is -0.465 e. The summed E-state index contributed by atoms with van der Waals surface area (Å²) < 4.78 is 5.71. The molecule has 2 aromatic rings. The molecular formula is C17H25N2O+. The highest BCUT2D eigenvalue weighted by Crippen LogP contribution is 2.12. The summed E-state index contributed by atoms with van der Waals surface area (Å²) in [7, 11) is 4.38. The number of quaternary nitrogens is 1. The summed E-state index contributed by atoms with van der Waals surface area (Å²) in [5, 5.41) is 0. The third-order valence-corrected chi connectivity index (χ3v) is 3.35. The van der Waals surface area contributed by atoms with Crippen LogP contribution in [-0.4, -0.2) is 32.1 Å². The van der Waals surface area contributed by atoms with Gasteiger partial charge in [0.05, 0.1) is 27.2 Å². The number of aryl methyl sites for hydroxylation is 1. The molecule has 108 valence electrons. The van der Waals surface area contributed by atoms with Gasteiger partial charge in [0, 0.05) is 13.1 Å². The van der Waals surface area contributed by atoms with Crippen molar-refractivity contribution in [2.45, 2.75) is 20.0 Å². The van der Waals surface area contributed by atoms with Crippen molar-refractivity contribution in [3.63, 3.8) is 0 Å². The SMILES string of the molecule is Cc1ccc(CN(CC[NH+](C)C)Cc2ccccc2)o1. The van der Waals surface area contributed by atoms with E-state index in [-0.39, 0.29) is 0 Å². The summed E-state index contributed by atoms with van der Waals surface area (Å²) in [5.74, 6) is 2.03. The zero-order chi connectivity index (χ0) is 14.4. The summed E-state index contributed by atoms with van der Waals surface area (Å²) in [5.41, 5.74) is 1.35. The van der Waals surface area contributed by atoms with E-state index in [9.17, 15) is 0 Å². The lowest BCUT2D eigenvalue weighted by Gasteiger charge is -2.22. The first-order valence-electron chi connectivity index (χ1n) is 7.24. The van der Waals surface area contributed by atoms with E-state index in [1.54, 1.807) is 0 Å². The van der Waals surface area contributed by atoms with Gasteiger partial charge in [-0.3, -0.25) is 4.90 Å². The zero-order valence-electron chi connectivity index (χ0n) is 12.7. The van der Waals surface area contributed by atoms with Crippen molar-refractivity contribution in [1.82, 2.24) is 4.90 Å². The van der Waals surface area contributed by atoms with Crippen molar-refractivity contribution in [2.75, 3.05) is 27.2 Å². The highest BCUT2D eigenvalue weighted by atomic mass is 16.3. The van der Waals surface area contributed by atoms with Gasteiger partial charge in [-0.15, -0.1) is 0 Å². The van der Waals surface area contributed by atoms with E-state index in [1.165, 1.54) is 10.5 Å². The molecule has 0 unspecified atom stereocenters. The Kier molecular flexibility index (Phi) is 5.39. The lowest BCUT2D eigenvalue weighted by molar-refractivity contribution is -0.857. The first-order valence-corrected chi connectivity index (χ1v) is 7.24. The Labute approximate surface area is 121 Å². The first kappa shape index (κ1) is 14.8. The van der Waals surface area contributed by atoms with E-state index < -0.39 is 0 Å². The van der Waals surface area contributed by atoms with Crippen LogP contribution in [0.15, 0.2) is 46.9 Å². The normalized spacial score (nSPS) is 11.4. The Morgan fingerprint density at radius 3 is 2.35 bits per heavy atom. The molecule has 0 bridgehead atoms. The second kappa shape index (κ2) is 7.27. The van der Waals surface area contributed by atoms with Crippen LogP contribution >= 0.6 is 0 Å². The highest BCUT2D eigenvalue weighted by Gasteiger charge is 2.11. The van der Waals surface area contributed by atoms with Gasteiger partial charge in [0.2, 0.25) is 0 Å². The van der Waals surface area contributed by atoms with Crippen LogP contribution in [-0.2, 0) is 13.1 Å². The predicted octanol–water partition coefficient (Wildman–Crippen LogP) is 1.73. The molecule has 0 saturated carbocycles. The largest absolute Gasteiger partial charge is 0.465 e. The summed E-state index contributed by atoms with van der Waals surface area (Å²) in [6, 6.07) is 14.7. The Morgan fingerprint density at radius 2 is 1.75 bits per heavy atom. The number of nitrogens with one attached hydrogen (secondary N) is 1. The van der Waals surface area contributed by atoms with Gasteiger partial charge in [0.1, 0.15) is 11.5 Å². The number of hydrogen-bond acceptors (Lipinski definition) is 2. The smallest absolute Gasteiger partial charge is 0.118 e. The van der Waals surface area contributed by atoms with Crippen LogP contribution in [0.1, 0.15) is 17.1 Å². The first-order chi connectivity index (χ1) is 9.63. The van der Waals surface area contributed by atoms with E-state index in [2.05, 4.69) is 55.4 Å². The van der Waals surface area contributed by atoms with Crippen LogP contribution in [0.25, 0.3) is 0 Å². The average molecular weight is 273 g/mol. The molecule has 0 aliphatic carbocycles. The zero-order valence-corrected chi connectivity index (χ0v) is 12.7. The lowest BCUT2D eigenvalue weighted by atomic mass is 10.2. The molecule has 0 aliphatic rings. The standard InChI is InChI=1S/C17H24N2O/c1-15-9-10-17(20-15)14-19(12-11-18(2)3)13-16-7-5-4-6-8-16/h4-10H,11-14H2,1-3H3/p+1. The Bertz CT molecular complexity index is 505. The fraction of sp³-hybridized carbons (Fsp3) is 0.412. The third-order valence-electron chi connectivity index (χ3n) is 3.35. The van der Waals surface area contributed by atoms with Gasteiger partial charge in [0.25, 0.3) is 0 Å². The van der Waals surface area contributed by atoms with Crippen LogP contribution in [0.3, 0.4) is 0 Å². The van der Waals surface area contributed by atoms with E-state index in [4.69, 9.17) is 4.42 Å². The molecule has 20 heavy (non-hydrogen) atoms. The van der Waals surface area contributed by atoms with Gasteiger partial charge in [-0.25, -0.2) is 0 Å². The van der Waals surface area contributed by atoms with Crippen LogP contribution in [0.4, 0.5) is 0 Å². The van der Waals surface area contributed by atoms with Gasteiger partial charge in [-0.05, 0) is 24.6 Å². The quantitative estimate of drug-likeness (QED) is 0.829. The molecule has 2 rings (SSSR count). The van der Waals surface area contributed by atoms with Gasteiger partial charge < -0.3 is 9.32 Å². The summed E-state index contributed by atoms with van der Waals surface area (Å²) >= 11 is 0. The summed E-state index contributed by atoms with van der Waals surface area (Å²) in [6.45, 7) is 6.03. The number of benzene rings is 1. The van der Waals surface area contributed by atoms with Crippen molar-refractivity contribution in [2.24, 2.45) is 0 Å². The maximum atomic E-state index is 5.71. The van der Waals surface area contributed by atoms with Crippen molar-refractivity contribution in [3.8, 4) is 0 Å². The fourth-order valence-corrected chi connectivity index (χ4v) is 2.23. The monoisotopic (exact) mass is 273 g/mol.